The average molecular weight is 435 g/mol. The van der Waals surface area contributed by atoms with Gasteiger partial charge in [-0.05, 0) is 55.4 Å². The van der Waals surface area contributed by atoms with Crippen molar-refractivity contribution < 1.29 is 22.7 Å². The van der Waals surface area contributed by atoms with Crippen molar-refractivity contribution in [3.63, 3.8) is 0 Å². The van der Waals surface area contributed by atoms with Crippen molar-refractivity contribution in [1.29, 1.82) is 0 Å². The summed E-state index contributed by atoms with van der Waals surface area (Å²) in [5.74, 6) is 0.319. The average Bonchev–Trinajstić information content (AvgIpc) is 3.12. The van der Waals surface area contributed by atoms with Gasteiger partial charge in [0.15, 0.2) is 0 Å². The number of carbonyl (C=O) groups is 2. The molecule has 4 heterocycles. The van der Waals surface area contributed by atoms with Gasteiger partial charge in [0.2, 0.25) is 15.9 Å². The zero-order chi connectivity index (χ0) is 20.9. The summed E-state index contributed by atoms with van der Waals surface area (Å²) in [7, 11) is -3.62. The molecule has 0 aromatic heterocycles. The second-order valence-corrected chi connectivity index (χ2v) is 10.5. The lowest BCUT2D eigenvalue weighted by molar-refractivity contribution is -0.115. The Kier molecular flexibility index (Phi) is 4.95. The van der Waals surface area contributed by atoms with Crippen LogP contribution in [-0.2, 0) is 26.0 Å². The minimum atomic E-state index is -3.62. The molecule has 1 aromatic carbocycles. The van der Waals surface area contributed by atoms with Crippen LogP contribution in [0, 0.1) is 11.8 Å². The van der Waals surface area contributed by atoms with Gasteiger partial charge in [0, 0.05) is 37.3 Å². The van der Waals surface area contributed by atoms with E-state index in [0.717, 1.165) is 18.4 Å². The number of anilines is 1. The van der Waals surface area contributed by atoms with Crippen LogP contribution >= 0.6 is 0 Å². The molecular weight excluding hydrogens is 408 g/mol. The smallest absolute Gasteiger partial charge is 0.317 e. The highest BCUT2D eigenvalue weighted by atomic mass is 32.2. The number of urea groups is 1. The van der Waals surface area contributed by atoms with Gasteiger partial charge in [-0.25, -0.2) is 13.2 Å². The van der Waals surface area contributed by atoms with Gasteiger partial charge >= 0.3 is 6.03 Å². The number of nitrogens with one attached hydrogen (secondary N) is 3. The molecule has 0 spiro atoms. The first-order chi connectivity index (χ1) is 14.4. The Hall–Kier alpha value is -2.17. The van der Waals surface area contributed by atoms with E-state index in [0.29, 0.717) is 38.2 Å². The Labute approximate surface area is 175 Å². The molecule has 9 nitrogen and oxygen atoms in total. The minimum absolute atomic E-state index is 0.00554. The summed E-state index contributed by atoms with van der Waals surface area (Å²) in [5, 5.41) is 8.65. The number of fused-ring (bicyclic) bond motifs is 2. The van der Waals surface area contributed by atoms with Gasteiger partial charge in [0.05, 0.1) is 11.3 Å². The SMILES string of the molecule is O=C1Cc2cc(S(=O)(=O)N3CCC([C@@H]4NC(=O)N[C@H]5OCCC[C@H]54)CC3)ccc2N1. The quantitative estimate of drug-likeness (QED) is 0.657. The highest BCUT2D eigenvalue weighted by Crippen LogP contribution is 2.35. The summed E-state index contributed by atoms with van der Waals surface area (Å²) in [6.45, 7) is 1.49. The molecule has 10 heteroatoms. The highest BCUT2D eigenvalue weighted by molar-refractivity contribution is 7.89. The first kappa shape index (κ1) is 19.8. The number of ether oxygens (including phenoxy) is 1. The largest absolute Gasteiger partial charge is 0.358 e. The first-order valence-corrected chi connectivity index (χ1v) is 12.0. The predicted molar refractivity (Wildman–Crippen MR) is 108 cm³/mol. The van der Waals surface area contributed by atoms with Crippen LogP contribution in [0.5, 0.6) is 0 Å². The van der Waals surface area contributed by atoms with Crippen LogP contribution < -0.4 is 16.0 Å². The fourth-order valence-electron chi connectivity index (χ4n) is 5.21. The normalized spacial score (nSPS) is 30.1. The number of benzene rings is 1. The molecular formula is C20H26N4O5S. The fourth-order valence-corrected chi connectivity index (χ4v) is 6.73. The van der Waals surface area contributed by atoms with E-state index >= 15 is 0 Å². The Morgan fingerprint density at radius 1 is 1.07 bits per heavy atom. The number of rotatable bonds is 3. The summed E-state index contributed by atoms with van der Waals surface area (Å²) in [6, 6.07) is 4.62. The molecule has 4 aliphatic heterocycles. The van der Waals surface area contributed by atoms with Crippen molar-refractivity contribution in [3.05, 3.63) is 23.8 Å². The number of piperidine rings is 1. The molecule has 0 saturated carbocycles. The molecule has 5 rings (SSSR count). The lowest BCUT2D eigenvalue weighted by Gasteiger charge is -2.46. The van der Waals surface area contributed by atoms with Gasteiger partial charge in [-0.15, -0.1) is 0 Å². The molecule has 0 bridgehead atoms. The third-order valence-electron chi connectivity index (χ3n) is 6.75. The van der Waals surface area contributed by atoms with E-state index in [1.54, 1.807) is 18.2 Å². The lowest BCUT2D eigenvalue weighted by Crippen LogP contribution is -2.65. The predicted octanol–water partition coefficient (Wildman–Crippen LogP) is 1.02. The van der Waals surface area contributed by atoms with E-state index in [1.807, 2.05) is 0 Å². The Balaban J connectivity index is 1.28. The Bertz CT molecular complexity index is 973. The fraction of sp³-hybridized carbons (Fsp3) is 0.600. The summed E-state index contributed by atoms with van der Waals surface area (Å²) in [4.78, 5) is 23.8. The van der Waals surface area contributed by atoms with Crippen molar-refractivity contribution in [1.82, 2.24) is 14.9 Å². The summed E-state index contributed by atoms with van der Waals surface area (Å²) < 4.78 is 33.6. The van der Waals surface area contributed by atoms with Crippen LogP contribution in [0.3, 0.4) is 0 Å². The highest BCUT2D eigenvalue weighted by Gasteiger charge is 2.44. The van der Waals surface area contributed by atoms with Crippen LogP contribution in [0.1, 0.15) is 31.2 Å². The summed E-state index contributed by atoms with van der Waals surface area (Å²) in [6.07, 6.45) is 3.31. The van der Waals surface area contributed by atoms with Crippen LogP contribution in [0.4, 0.5) is 10.5 Å². The standard InChI is InChI=1S/C20H26N4O5S/c25-17-11-13-10-14(3-4-16(13)21-17)30(27,28)24-7-5-12(6-8-24)18-15-2-1-9-29-19(15)23-20(26)22-18/h3-4,10,12,15,18-19H,1-2,5-9,11H2,(H,21,25)(H2,22,23,26)/t15-,18-,19-/m0/s1. The second kappa shape index (κ2) is 7.51. The topological polar surface area (TPSA) is 117 Å². The molecule has 3 fully saturated rings. The maximum Gasteiger partial charge on any atom is 0.317 e. The number of hydrogen-bond donors (Lipinski definition) is 3. The third kappa shape index (κ3) is 3.46. The van der Waals surface area contributed by atoms with Crippen molar-refractivity contribution in [2.24, 2.45) is 11.8 Å². The van der Waals surface area contributed by atoms with Crippen LogP contribution in [0.25, 0.3) is 0 Å². The molecule has 30 heavy (non-hydrogen) atoms. The molecule has 3 N–H and O–H groups in total. The molecule has 1 aromatic rings. The molecule has 162 valence electrons. The maximum absolute atomic E-state index is 13.2. The number of nitrogens with zero attached hydrogens (tertiary/aromatic N) is 1. The minimum Gasteiger partial charge on any atom is -0.358 e. The molecule has 3 saturated heterocycles. The summed E-state index contributed by atoms with van der Waals surface area (Å²) >= 11 is 0. The van der Waals surface area contributed by atoms with Gasteiger partial charge < -0.3 is 20.7 Å². The number of amides is 3. The van der Waals surface area contributed by atoms with Crippen LogP contribution in [0.15, 0.2) is 23.1 Å². The molecule has 0 unspecified atom stereocenters. The molecule has 0 radical (unpaired) electrons. The lowest BCUT2D eigenvalue weighted by atomic mass is 9.78. The van der Waals surface area contributed by atoms with Gasteiger partial charge in [0.25, 0.3) is 0 Å². The van der Waals surface area contributed by atoms with E-state index in [1.165, 1.54) is 4.31 Å². The van der Waals surface area contributed by atoms with E-state index in [-0.39, 0.29) is 47.4 Å². The van der Waals surface area contributed by atoms with Crippen LogP contribution in [-0.4, -0.2) is 56.6 Å². The van der Waals surface area contributed by atoms with Crippen molar-refractivity contribution in [2.75, 3.05) is 25.0 Å². The zero-order valence-electron chi connectivity index (χ0n) is 16.6. The molecule has 4 aliphatic rings. The monoisotopic (exact) mass is 434 g/mol. The van der Waals surface area contributed by atoms with E-state index in [2.05, 4.69) is 16.0 Å². The van der Waals surface area contributed by atoms with Crippen molar-refractivity contribution in [3.8, 4) is 0 Å². The van der Waals surface area contributed by atoms with E-state index < -0.39 is 10.0 Å². The first-order valence-electron chi connectivity index (χ1n) is 10.5. The maximum atomic E-state index is 13.2. The van der Waals surface area contributed by atoms with Gasteiger partial charge in [-0.1, -0.05) is 0 Å². The van der Waals surface area contributed by atoms with E-state index in [4.69, 9.17) is 4.74 Å². The molecule has 3 amide bonds. The second-order valence-electron chi connectivity index (χ2n) is 8.53. The van der Waals surface area contributed by atoms with Gasteiger partial charge in [-0.2, -0.15) is 4.31 Å². The zero-order valence-corrected chi connectivity index (χ0v) is 17.4. The number of sulfonamides is 1. The van der Waals surface area contributed by atoms with Crippen molar-refractivity contribution in [2.45, 2.75) is 49.3 Å². The van der Waals surface area contributed by atoms with E-state index in [9.17, 15) is 18.0 Å². The third-order valence-corrected chi connectivity index (χ3v) is 8.64. The molecule has 0 aliphatic carbocycles. The number of hydrogen-bond acceptors (Lipinski definition) is 5. The molecule has 3 atom stereocenters. The number of carbonyl (C=O) groups excluding carboxylic acids is 2. The Morgan fingerprint density at radius 3 is 2.67 bits per heavy atom. The van der Waals surface area contributed by atoms with Gasteiger partial charge in [-0.3, -0.25) is 4.79 Å². The summed E-state index contributed by atoms with van der Waals surface area (Å²) in [5.41, 5.74) is 1.40. The Morgan fingerprint density at radius 2 is 1.87 bits per heavy atom. The van der Waals surface area contributed by atoms with Crippen LogP contribution in [0.2, 0.25) is 0 Å². The van der Waals surface area contributed by atoms with Gasteiger partial charge in [0.1, 0.15) is 6.23 Å². The van der Waals surface area contributed by atoms with Crippen molar-refractivity contribution >= 4 is 27.6 Å².